The molecule has 1 aliphatic heterocycles. The molecule has 0 fully saturated rings. The zero-order valence-electron chi connectivity index (χ0n) is 18.0. The minimum atomic E-state index is -0.247. The van der Waals surface area contributed by atoms with Crippen LogP contribution in [0.3, 0.4) is 0 Å². The van der Waals surface area contributed by atoms with Gasteiger partial charge in [-0.25, -0.2) is 0 Å². The number of anilines is 3. The highest BCUT2D eigenvalue weighted by atomic mass is 16.4. The molecular weight excluding hydrogens is 403 g/mol. The molecule has 0 aliphatic carbocycles. The van der Waals surface area contributed by atoms with E-state index in [0.717, 1.165) is 44.9 Å². The van der Waals surface area contributed by atoms with Gasteiger partial charge in [0.1, 0.15) is 0 Å². The molecule has 6 rings (SSSR count). The Hall–Kier alpha value is -4.31. The molecule has 0 N–H and O–H groups in total. The summed E-state index contributed by atoms with van der Waals surface area (Å²) in [6, 6.07) is 39.7. The molecule has 4 aromatic carbocycles. The van der Waals surface area contributed by atoms with Crippen molar-refractivity contribution < 1.29 is 4.65 Å². The van der Waals surface area contributed by atoms with Gasteiger partial charge in [0.05, 0.1) is 5.75 Å². The average molecular weight is 424 g/mol. The van der Waals surface area contributed by atoms with Crippen LogP contribution in [0.1, 0.15) is 0 Å². The van der Waals surface area contributed by atoms with Crippen LogP contribution >= 0.6 is 0 Å². The molecule has 0 spiro atoms. The number of para-hydroxylation sites is 3. The van der Waals surface area contributed by atoms with Crippen molar-refractivity contribution in [3.8, 4) is 16.9 Å². The van der Waals surface area contributed by atoms with Gasteiger partial charge in [0, 0.05) is 34.9 Å². The maximum atomic E-state index is 6.71. The molecule has 0 bridgehead atoms. The largest absolute Gasteiger partial charge is 0.551 e. The Morgan fingerprint density at radius 2 is 1.27 bits per heavy atom. The smallest absolute Gasteiger partial charge is 0.431 e. The van der Waals surface area contributed by atoms with Gasteiger partial charge >= 0.3 is 6.92 Å². The van der Waals surface area contributed by atoms with Gasteiger partial charge < -0.3 is 9.55 Å². The maximum absolute atomic E-state index is 6.71. The van der Waals surface area contributed by atoms with Crippen LogP contribution in [0, 0.1) is 0 Å². The van der Waals surface area contributed by atoms with E-state index in [2.05, 4.69) is 94.8 Å². The number of hydrogen-bond acceptors (Lipinski definition) is 3. The lowest BCUT2D eigenvalue weighted by Crippen LogP contribution is -2.54. The molecule has 1 aromatic heterocycles. The highest BCUT2D eigenvalue weighted by Crippen LogP contribution is 2.38. The fourth-order valence-corrected chi connectivity index (χ4v) is 4.62. The molecule has 4 heteroatoms. The van der Waals surface area contributed by atoms with E-state index < -0.39 is 0 Å². The predicted molar refractivity (Wildman–Crippen MR) is 136 cm³/mol. The van der Waals surface area contributed by atoms with Gasteiger partial charge in [-0.3, -0.25) is 4.98 Å². The predicted octanol–water partition coefficient (Wildman–Crippen LogP) is 5.72. The summed E-state index contributed by atoms with van der Waals surface area (Å²) in [5.41, 5.74) is 7.92. The SMILES string of the molecule is c1ccc(OB2c3ccccc3N(c3ccccc3)c3cccc(-c4ccncc4)c32)cc1. The third kappa shape index (κ3) is 3.46. The fraction of sp³-hybridized carbons (Fsp3) is 0. The Balaban J connectivity index is 1.63. The van der Waals surface area contributed by atoms with Crippen molar-refractivity contribution >= 4 is 34.9 Å². The Labute approximate surface area is 194 Å². The Kier molecular flexibility index (Phi) is 4.89. The van der Waals surface area contributed by atoms with Crippen LogP contribution < -0.4 is 20.5 Å². The molecule has 156 valence electrons. The first-order chi connectivity index (χ1) is 16.4. The molecule has 33 heavy (non-hydrogen) atoms. The second-order valence-electron chi connectivity index (χ2n) is 8.01. The first-order valence-electron chi connectivity index (χ1n) is 11.1. The van der Waals surface area contributed by atoms with E-state index in [-0.39, 0.29) is 6.92 Å². The van der Waals surface area contributed by atoms with Crippen LogP contribution in [0.5, 0.6) is 5.75 Å². The zero-order chi connectivity index (χ0) is 22.0. The molecular formula is C29H21BN2O. The van der Waals surface area contributed by atoms with Gasteiger partial charge in [-0.2, -0.15) is 0 Å². The van der Waals surface area contributed by atoms with Gasteiger partial charge in [0.15, 0.2) is 0 Å². The number of pyridine rings is 1. The Bertz CT molecular complexity index is 1390. The molecule has 0 unspecified atom stereocenters. The molecule has 0 amide bonds. The minimum absolute atomic E-state index is 0.247. The van der Waals surface area contributed by atoms with Crippen molar-refractivity contribution in [1.29, 1.82) is 0 Å². The topological polar surface area (TPSA) is 25.4 Å². The summed E-state index contributed by atoms with van der Waals surface area (Å²) in [6.07, 6.45) is 3.68. The number of aromatic nitrogens is 1. The third-order valence-corrected chi connectivity index (χ3v) is 6.05. The van der Waals surface area contributed by atoms with Crippen molar-refractivity contribution in [3.63, 3.8) is 0 Å². The highest BCUT2D eigenvalue weighted by molar-refractivity contribution is 6.85. The second kappa shape index (κ2) is 8.32. The summed E-state index contributed by atoms with van der Waals surface area (Å²) in [5.74, 6) is 0.848. The number of benzene rings is 4. The second-order valence-corrected chi connectivity index (χ2v) is 8.01. The molecule has 0 radical (unpaired) electrons. The molecule has 2 heterocycles. The van der Waals surface area contributed by atoms with E-state index in [4.69, 9.17) is 4.65 Å². The van der Waals surface area contributed by atoms with Gasteiger partial charge in [-0.1, -0.05) is 66.7 Å². The zero-order valence-corrected chi connectivity index (χ0v) is 18.0. The Morgan fingerprint density at radius 3 is 2.06 bits per heavy atom. The van der Waals surface area contributed by atoms with Crippen LogP contribution in [0.2, 0.25) is 0 Å². The summed E-state index contributed by atoms with van der Waals surface area (Å²) in [4.78, 5) is 6.56. The summed E-state index contributed by atoms with van der Waals surface area (Å²) in [5, 5.41) is 0. The number of hydrogen-bond donors (Lipinski definition) is 0. The van der Waals surface area contributed by atoms with E-state index >= 15 is 0 Å². The fourth-order valence-electron chi connectivity index (χ4n) is 4.62. The van der Waals surface area contributed by atoms with Crippen molar-refractivity contribution in [2.24, 2.45) is 0 Å². The van der Waals surface area contributed by atoms with Crippen molar-refractivity contribution in [3.05, 3.63) is 128 Å². The van der Waals surface area contributed by atoms with Crippen LogP contribution in [0.15, 0.2) is 128 Å². The molecule has 0 saturated carbocycles. The molecule has 3 nitrogen and oxygen atoms in total. The first kappa shape index (κ1) is 19.4. The van der Waals surface area contributed by atoms with E-state index in [1.807, 2.05) is 42.7 Å². The number of fused-ring (bicyclic) bond motifs is 2. The van der Waals surface area contributed by atoms with Gasteiger partial charge in [-0.05, 0) is 65.1 Å². The van der Waals surface area contributed by atoms with E-state index in [9.17, 15) is 0 Å². The summed E-state index contributed by atoms with van der Waals surface area (Å²) < 4.78 is 6.71. The van der Waals surface area contributed by atoms with Gasteiger partial charge in [0.2, 0.25) is 0 Å². The van der Waals surface area contributed by atoms with Crippen molar-refractivity contribution in [2.75, 3.05) is 4.90 Å². The molecule has 0 saturated heterocycles. The Morgan fingerprint density at radius 1 is 0.606 bits per heavy atom. The molecule has 5 aromatic rings. The van der Waals surface area contributed by atoms with E-state index in [1.54, 1.807) is 0 Å². The maximum Gasteiger partial charge on any atom is 0.431 e. The van der Waals surface area contributed by atoms with E-state index in [1.165, 1.54) is 0 Å². The summed E-state index contributed by atoms with van der Waals surface area (Å²) in [6.45, 7) is -0.247. The third-order valence-electron chi connectivity index (χ3n) is 6.05. The lowest BCUT2D eigenvalue weighted by molar-refractivity contribution is 0.591. The average Bonchev–Trinajstić information content (AvgIpc) is 2.90. The molecule has 0 atom stereocenters. The van der Waals surface area contributed by atoms with E-state index in [0.29, 0.717) is 0 Å². The quantitative estimate of drug-likeness (QED) is 0.345. The standard InChI is InChI=1S/C29H21BN2O/c1-3-10-23(11-4-1)32-27-16-8-7-15-26(27)30(33-24-12-5-2-6-13-24)29-25(14-9-17-28(29)32)22-18-20-31-21-19-22/h1-21H. The molecule has 1 aliphatic rings. The van der Waals surface area contributed by atoms with Gasteiger partial charge in [-0.15, -0.1) is 0 Å². The minimum Gasteiger partial charge on any atom is -0.551 e. The van der Waals surface area contributed by atoms with Crippen molar-refractivity contribution in [1.82, 2.24) is 4.98 Å². The van der Waals surface area contributed by atoms with Crippen molar-refractivity contribution in [2.45, 2.75) is 0 Å². The summed E-state index contributed by atoms with van der Waals surface area (Å²) >= 11 is 0. The highest BCUT2D eigenvalue weighted by Gasteiger charge is 2.39. The van der Waals surface area contributed by atoms with Crippen LogP contribution in [0.4, 0.5) is 17.1 Å². The van der Waals surface area contributed by atoms with Crippen LogP contribution in [0.25, 0.3) is 11.1 Å². The normalized spacial score (nSPS) is 12.1. The monoisotopic (exact) mass is 424 g/mol. The van der Waals surface area contributed by atoms with Gasteiger partial charge in [0.25, 0.3) is 0 Å². The lowest BCUT2D eigenvalue weighted by atomic mass is 9.50. The summed E-state index contributed by atoms with van der Waals surface area (Å²) in [7, 11) is 0. The van der Waals surface area contributed by atoms with Crippen LogP contribution in [-0.2, 0) is 0 Å². The lowest BCUT2D eigenvalue weighted by Gasteiger charge is -2.37. The number of rotatable bonds is 4. The van der Waals surface area contributed by atoms with Crippen LogP contribution in [-0.4, -0.2) is 11.9 Å². The first-order valence-corrected chi connectivity index (χ1v) is 11.1. The number of nitrogens with zero attached hydrogens (tertiary/aromatic N) is 2.